The molecule has 0 aliphatic heterocycles. The number of rotatable bonds is 4. The van der Waals surface area contributed by atoms with Gasteiger partial charge < -0.3 is 10.6 Å². The molecule has 76 valence electrons. The van der Waals surface area contributed by atoms with Gasteiger partial charge in [0.1, 0.15) is 0 Å². The summed E-state index contributed by atoms with van der Waals surface area (Å²) in [5, 5.41) is 0.752. The second kappa shape index (κ2) is 5.03. The van der Waals surface area contributed by atoms with Gasteiger partial charge in [0.15, 0.2) is 0 Å². The van der Waals surface area contributed by atoms with Crippen molar-refractivity contribution in [1.82, 2.24) is 4.90 Å². The molecule has 14 heavy (non-hydrogen) atoms. The Morgan fingerprint density at radius 1 is 1.50 bits per heavy atom. The standard InChI is InChI=1S/C11H15ClN2/c1-3-14(4-2)11-7-5-6-10(12)9(11)8-13/h3-4,6H,1-2,5,7-8,13H2. The Balaban J connectivity index is 3.07. The maximum Gasteiger partial charge on any atom is 0.0428 e. The minimum atomic E-state index is 0.447. The van der Waals surface area contributed by atoms with Crippen molar-refractivity contribution in [2.75, 3.05) is 6.54 Å². The molecule has 1 aliphatic rings. The summed E-state index contributed by atoms with van der Waals surface area (Å²) in [5.41, 5.74) is 7.74. The Morgan fingerprint density at radius 2 is 2.14 bits per heavy atom. The van der Waals surface area contributed by atoms with Gasteiger partial charge >= 0.3 is 0 Å². The highest BCUT2D eigenvalue weighted by Gasteiger charge is 2.15. The molecule has 2 N–H and O–H groups in total. The Bertz CT molecular complexity index is 294. The van der Waals surface area contributed by atoms with E-state index >= 15 is 0 Å². The maximum atomic E-state index is 6.06. The molecule has 0 heterocycles. The third kappa shape index (κ3) is 2.08. The number of nitrogens with two attached hydrogens (primary N) is 1. The highest BCUT2D eigenvalue weighted by Crippen LogP contribution is 2.29. The molecule has 0 saturated heterocycles. The summed E-state index contributed by atoms with van der Waals surface area (Å²) < 4.78 is 0. The Kier molecular flexibility index (Phi) is 3.98. The largest absolute Gasteiger partial charge is 0.328 e. The lowest BCUT2D eigenvalue weighted by Gasteiger charge is -2.25. The molecule has 0 spiro atoms. The quantitative estimate of drug-likeness (QED) is 0.773. The molecule has 0 bridgehead atoms. The van der Waals surface area contributed by atoms with Crippen LogP contribution in [0, 0.1) is 0 Å². The fraction of sp³-hybridized carbons (Fsp3) is 0.273. The number of nitrogens with zero attached hydrogens (tertiary/aromatic N) is 1. The molecular weight excluding hydrogens is 196 g/mol. The number of halogens is 1. The summed E-state index contributed by atoms with van der Waals surface area (Å²) in [6.45, 7) is 7.88. The first-order valence-corrected chi connectivity index (χ1v) is 4.94. The molecule has 0 atom stereocenters. The van der Waals surface area contributed by atoms with Crippen LogP contribution >= 0.6 is 11.6 Å². The van der Waals surface area contributed by atoms with Gasteiger partial charge in [0.2, 0.25) is 0 Å². The third-order valence-electron chi connectivity index (χ3n) is 2.25. The van der Waals surface area contributed by atoms with Crippen molar-refractivity contribution in [3.05, 3.63) is 47.9 Å². The van der Waals surface area contributed by atoms with Crippen molar-refractivity contribution in [2.45, 2.75) is 12.8 Å². The monoisotopic (exact) mass is 210 g/mol. The van der Waals surface area contributed by atoms with E-state index in [2.05, 4.69) is 13.2 Å². The molecule has 0 aromatic heterocycles. The minimum absolute atomic E-state index is 0.447. The highest BCUT2D eigenvalue weighted by atomic mass is 35.5. The lowest BCUT2D eigenvalue weighted by Crippen LogP contribution is -2.18. The first-order valence-electron chi connectivity index (χ1n) is 4.56. The SMILES string of the molecule is C=CN(C=C)C1=C(CN)C(Cl)=CCC1. The van der Waals surface area contributed by atoms with Gasteiger partial charge in [-0.2, -0.15) is 0 Å². The molecular formula is C11H15ClN2. The Labute approximate surface area is 90.0 Å². The molecule has 0 saturated carbocycles. The van der Waals surface area contributed by atoms with Gasteiger partial charge in [0.05, 0.1) is 0 Å². The van der Waals surface area contributed by atoms with Crippen LogP contribution in [0.2, 0.25) is 0 Å². The molecule has 0 aromatic rings. The van der Waals surface area contributed by atoms with E-state index in [-0.39, 0.29) is 0 Å². The smallest absolute Gasteiger partial charge is 0.0428 e. The van der Waals surface area contributed by atoms with Crippen LogP contribution in [-0.2, 0) is 0 Å². The second-order valence-corrected chi connectivity index (χ2v) is 3.40. The highest BCUT2D eigenvalue weighted by molar-refractivity contribution is 6.32. The van der Waals surface area contributed by atoms with Crippen LogP contribution in [0.4, 0.5) is 0 Å². The normalized spacial score (nSPS) is 16.3. The summed E-state index contributed by atoms with van der Waals surface area (Å²) >= 11 is 6.06. The van der Waals surface area contributed by atoms with Crippen LogP contribution in [0.15, 0.2) is 47.9 Å². The van der Waals surface area contributed by atoms with Crippen molar-refractivity contribution in [2.24, 2.45) is 5.73 Å². The molecule has 1 aliphatic carbocycles. The van der Waals surface area contributed by atoms with Crippen molar-refractivity contribution in [3.8, 4) is 0 Å². The Hall–Kier alpha value is -0.990. The number of allylic oxidation sites excluding steroid dienone is 2. The van der Waals surface area contributed by atoms with E-state index in [1.54, 1.807) is 12.4 Å². The van der Waals surface area contributed by atoms with Crippen LogP contribution in [-0.4, -0.2) is 11.4 Å². The fourth-order valence-electron chi connectivity index (χ4n) is 1.54. The average molecular weight is 211 g/mol. The summed E-state index contributed by atoms with van der Waals surface area (Å²) in [4.78, 5) is 1.87. The predicted molar refractivity (Wildman–Crippen MR) is 61.5 cm³/mol. The Morgan fingerprint density at radius 3 is 2.64 bits per heavy atom. The molecule has 2 nitrogen and oxygen atoms in total. The predicted octanol–water partition coefficient (Wildman–Crippen LogP) is 2.70. The molecule has 0 amide bonds. The molecule has 0 fully saturated rings. The van der Waals surface area contributed by atoms with E-state index in [0.29, 0.717) is 6.54 Å². The van der Waals surface area contributed by atoms with Gasteiger partial charge in [0.25, 0.3) is 0 Å². The van der Waals surface area contributed by atoms with Crippen LogP contribution in [0.25, 0.3) is 0 Å². The summed E-state index contributed by atoms with van der Waals surface area (Å²) in [7, 11) is 0. The van der Waals surface area contributed by atoms with E-state index in [9.17, 15) is 0 Å². The number of hydrogen-bond acceptors (Lipinski definition) is 2. The van der Waals surface area contributed by atoms with E-state index in [1.807, 2.05) is 11.0 Å². The van der Waals surface area contributed by atoms with Gasteiger partial charge in [-0.15, -0.1) is 0 Å². The third-order valence-corrected chi connectivity index (χ3v) is 2.63. The van der Waals surface area contributed by atoms with Crippen LogP contribution < -0.4 is 5.73 Å². The summed E-state index contributed by atoms with van der Waals surface area (Å²) in [5.74, 6) is 0. The van der Waals surface area contributed by atoms with E-state index in [4.69, 9.17) is 17.3 Å². The van der Waals surface area contributed by atoms with Crippen molar-refractivity contribution < 1.29 is 0 Å². The van der Waals surface area contributed by atoms with Crippen LogP contribution in [0.3, 0.4) is 0 Å². The second-order valence-electron chi connectivity index (χ2n) is 2.99. The topological polar surface area (TPSA) is 29.3 Å². The van der Waals surface area contributed by atoms with E-state index < -0.39 is 0 Å². The van der Waals surface area contributed by atoms with Gasteiger partial charge in [-0.1, -0.05) is 30.8 Å². The molecule has 0 unspecified atom stereocenters. The molecule has 0 radical (unpaired) electrons. The van der Waals surface area contributed by atoms with Gasteiger partial charge in [0, 0.05) is 35.2 Å². The lowest BCUT2D eigenvalue weighted by molar-refractivity contribution is 0.579. The zero-order valence-corrected chi connectivity index (χ0v) is 8.93. The maximum absolute atomic E-state index is 6.06. The molecule has 1 rings (SSSR count). The summed E-state index contributed by atoms with van der Waals surface area (Å²) in [6, 6.07) is 0. The zero-order valence-electron chi connectivity index (χ0n) is 8.17. The first-order chi connectivity index (χ1) is 6.74. The fourth-order valence-corrected chi connectivity index (χ4v) is 1.84. The van der Waals surface area contributed by atoms with Crippen LogP contribution in [0.1, 0.15) is 12.8 Å². The van der Waals surface area contributed by atoms with Crippen LogP contribution in [0.5, 0.6) is 0 Å². The van der Waals surface area contributed by atoms with Crippen molar-refractivity contribution in [3.63, 3.8) is 0 Å². The van der Waals surface area contributed by atoms with Gasteiger partial charge in [-0.3, -0.25) is 0 Å². The van der Waals surface area contributed by atoms with E-state index in [0.717, 1.165) is 29.1 Å². The minimum Gasteiger partial charge on any atom is -0.328 e. The molecule has 0 aromatic carbocycles. The lowest BCUT2D eigenvalue weighted by atomic mass is 10.0. The van der Waals surface area contributed by atoms with E-state index in [1.165, 1.54) is 0 Å². The van der Waals surface area contributed by atoms with Gasteiger partial charge in [-0.05, 0) is 12.8 Å². The zero-order chi connectivity index (χ0) is 10.6. The summed E-state index contributed by atoms with van der Waals surface area (Å²) in [6.07, 6.45) is 7.30. The molecule has 3 heteroatoms. The first kappa shape index (κ1) is 11.1. The average Bonchev–Trinajstić information content (AvgIpc) is 2.20. The van der Waals surface area contributed by atoms with Gasteiger partial charge in [-0.25, -0.2) is 0 Å². The van der Waals surface area contributed by atoms with Crippen molar-refractivity contribution in [1.29, 1.82) is 0 Å². The van der Waals surface area contributed by atoms with Crippen molar-refractivity contribution >= 4 is 11.6 Å². The number of hydrogen-bond donors (Lipinski definition) is 1.